The van der Waals surface area contributed by atoms with Crippen LogP contribution in [0.15, 0.2) is 39.9 Å². The van der Waals surface area contributed by atoms with Crippen molar-refractivity contribution < 1.29 is 19.8 Å². The van der Waals surface area contributed by atoms with E-state index in [2.05, 4.69) is 0 Å². The fourth-order valence-corrected chi connectivity index (χ4v) is 2.60. The van der Waals surface area contributed by atoms with Crippen LogP contribution in [0.3, 0.4) is 0 Å². The number of ketones is 1. The van der Waals surface area contributed by atoms with Crippen LogP contribution in [0.4, 0.5) is 0 Å². The lowest BCUT2D eigenvalue weighted by Crippen LogP contribution is -2.47. The second-order valence-corrected chi connectivity index (χ2v) is 6.04. The van der Waals surface area contributed by atoms with Gasteiger partial charge < -0.3 is 15.9 Å². The van der Waals surface area contributed by atoms with Crippen LogP contribution in [0.5, 0.6) is 5.88 Å². The summed E-state index contributed by atoms with van der Waals surface area (Å²) in [5.74, 6) is -3.75. The van der Waals surface area contributed by atoms with Crippen LogP contribution in [0.2, 0.25) is 0 Å². The van der Waals surface area contributed by atoms with Gasteiger partial charge in [-0.1, -0.05) is 43.7 Å². The minimum absolute atomic E-state index is 0.0683. The maximum Gasteiger partial charge on any atom is 0.334 e. The third-order valence-corrected chi connectivity index (χ3v) is 4.11. The first-order valence-corrected chi connectivity index (χ1v) is 8.42. The first-order valence-electron chi connectivity index (χ1n) is 8.42. The van der Waals surface area contributed by atoms with E-state index in [9.17, 15) is 24.3 Å². The van der Waals surface area contributed by atoms with Crippen LogP contribution in [0.25, 0.3) is 0 Å². The molecular formula is C18H21N3O6. The fourth-order valence-electron chi connectivity index (χ4n) is 2.60. The summed E-state index contributed by atoms with van der Waals surface area (Å²) < 4.78 is 1.70. The van der Waals surface area contributed by atoms with E-state index in [-0.39, 0.29) is 13.1 Å². The van der Waals surface area contributed by atoms with Crippen molar-refractivity contribution in [1.82, 2.24) is 9.13 Å². The molecule has 1 aromatic heterocycles. The number of Topliss-reactive ketones (excluding diaryl/α,β-unsaturated/α-hetero) is 1. The number of hydrogen-bond acceptors (Lipinski definition) is 6. The number of nitrogens with zero attached hydrogens (tertiary/aromatic N) is 2. The summed E-state index contributed by atoms with van der Waals surface area (Å²) >= 11 is 0. The van der Waals surface area contributed by atoms with Crippen molar-refractivity contribution in [1.29, 1.82) is 0 Å². The van der Waals surface area contributed by atoms with Gasteiger partial charge in [-0.05, 0) is 12.0 Å². The molecular weight excluding hydrogens is 354 g/mol. The van der Waals surface area contributed by atoms with E-state index < -0.39 is 40.5 Å². The highest BCUT2D eigenvalue weighted by Gasteiger charge is 2.31. The summed E-state index contributed by atoms with van der Waals surface area (Å²) in [6.07, 6.45) is 1.21. The lowest BCUT2D eigenvalue weighted by molar-refractivity contribution is -0.137. The van der Waals surface area contributed by atoms with Crippen LogP contribution in [-0.2, 0) is 17.9 Å². The highest BCUT2D eigenvalue weighted by Crippen LogP contribution is 2.14. The average Bonchev–Trinajstić information content (AvgIpc) is 2.65. The number of hydrogen-bond donors (Lipinski definition) is 3. The van der Waals surface area contributed by atoms with Crippen molar-refractivity contribution in [3.05, 3.63) is 62.3 Å². The topological polar surface area (TPSA) is 145 Å². The zero-order valence-electron chi connectivity index (χ0n) is 14.8. The normalized spacial score (nSPS) is 11.9. The number of carboxylic acids is 1. The van der Waals surface area contributed by atoms with Gasteiger partial charge in [-0.3, -0.25) is 23.5 Å². The molecule has 0 bridgehead atoms. The number of carbonyl (C=O) groups excluding carboxylic acids is 1. The van der Waals surface area contributed by atoms with E-state index in [1.54, 1.807) is 30.3 Å². The summed E-state index contributed by atoms with van der Waals surface area (Å²) in [7, 11) is 0. The Morgan fingerprint density at radius 1 is 1.15 bits per heavy atom. The van der Waals surface area contributed by atoms with Crippen LogP contribution < -0.4 is 17.0 Å². The zero-order chi connectivity index (χ0) is 20.1. The van der Waals surface area contributed by atoms with Gasteiger partial charge in [0, 0.05) is 6.54 Å². The second-order valence-electron chi connectivity index (χ2n) is 6.04. The number of aromatic nitrogens is 2. The van der Waals surface area contributed by atoms with Gasteiger partial charge in [-0.2, -0.15) is 0 Å². The van der Waals surface area contributed by atoms with Crippen LogP contribution >= 0.6 is 0 Å². The summed E-state index contributed by atoms with van der Waals surface area (Å²) in [5.41, 5.74) is 3.30. The Kier molecular flexibility index (Phi) is 6.30. The number of carbonyl (C=O) groups is 2. The molecule has 1 unspecified atom stereocenters. The highest BCUT2D eigenvalue weighted by molar-refractivity contribution is 6.12. The van der Waals surface area contributed by atoms with Gasteiger partial charge in [0.05, 0.1) is 6.54 Å². The Bertz CT molecular complexity index is 962. The largest absolute Gasteiger partial charge is 0.494 e. The molecule has 0 aliphatic rings. The van der Waals surface area contributed by atoms with Crippen molar-refractivity contribution in [2.24, 2.45) is 5.73 Å². The Morgan fingerprint density at radius 3 is 2.33 bits per heavy atom. The Balaban J connectivity index is 2.70. The molecule has 1 atom stereocenters. The average molecular weight is 375 g/mol. The SMILES string of the molecule is CCCCn1c(O)c(C(=O)C(N)C(=O)O)c(=O)n(Cc2ccccc2)c1=O. The smallest absolute Gasteiger partial charge is 0.334 e. The first-order chi connectivity index (χ1) is 12.8. The molecule has 0 radical (unpaired) electrons. The maximum absolute atomic E-state index is 12.7. The number of nitrogens with two attached hydrogens (primary N) is 1. The van der Waals surface area contributed by atoms with Gasteiger partial charge in [-0.15, -0.1) is 0 Å². The minimum atomic E-state index is -2.02. The lowest BCUT2D eigenvalue weighted by Gasteiger charge is -2.16. The van der Waals surface area contributed by atoms with Gasteiger partial charge in [0.15, 0.2) is 6.04 Å². The molecule has 2 aromatic rings. The molecule has 9 heteroatoms. The quantitative estimate of drug-likeness (QED) is 0.440. The second kappa shape index (κ2) is 8.45. The fraction of sp³-hybridized carbons (Fsp3) is 0.333. The summed E-state index contributed by atoms with van der Waals surface area (Å²) in [4.78, 5) is 48.8. The van der Waals surface area contributed by atoms with Crippen LogP contribution in [0.1, 0.15) is 35.7 Å². The summed E-state index contributed by atoms with van der Waals surface area (Å²) in [5, 5.41) is 19.3. The molecule has 1 heterocycles. The molecule has 0 saturated heterocycles. The molecule has 27 heavy (non-hydrogen) atoms. The molecule has 0 fully saturated rings. The number of unbranched alkanes of at least 4 members (excludes halogenated alkanes) is 1. The van der Waals surface area contributed by atoms with E-state index in [4.69, 9.17) is 10.8 Å². The van der Waals surface area contributed by atoms with E-state index in [0.717, 1.165) is 9.13 Å². The van der Waals surface area contributed by atoms with Gasteiger partial charge in [0.25, 0.3) is 5.56 Å². The van der Waals surface area contributed by atoms with E-state index in [1.165, 1.54) is 0 Å². The van der Waals surface area contributed by atoms with Gasteiger partial charge in [-0.25, -0.2) is 4.79 Å². The maximum atomic E-state index is 12.7. The molecule has 0 saturated carbocycles. The summed E-state index contributed by atoms with van der Waals surface area (Å²) in [6, 6.07) is 6.58. The van der Waals surface area contributed by atoms with Crippen molar-refractivity contribution in [2.45, 2.75) is 38.9 Å². The van der Waals surface area contributed by atoms with Crippen molar-refractivity contribution in [3.8, 4) is 5.88 Å². The molecule has 0 aliphatic heterocycles. The number of aromatic hydroxyl groups is 1. The highest BCUT2D eigenvalue weighted by atomic mass is 16.4. The third kappa shape index (κ3) is 4.14. The standard InChI is InChI=1S/C18H21N3O6/c1-2-3-9-20-15(23)12(14(22)13(19)17(25)26)16(24)21(18(20)27)10-11-7-5-4-6-8-11/h4-8,13,23H,2-3,9-10,19H2,1H3,(H,25,26). The number of rotatable bonds is 8. The lowest BCUT2D eigenvalue weighted by atomic mass is 10.1. The molecule has 0 spiro atoms. The zero-order valence-corrected chi connectivity index (χ0v) is 14.8. The molecule has 4 N–H and O–H groups in total. The molecule has 9 nitrogen and oxygen atoms in total. The van der Waals surface area contributed by atoms with Gasteiger partial charge in [0.2, 0.25) is 11.7 Å². The predicted molar refractivity (Wildman–Crippen MR) is 97.0 cm³/mol. The number of benzene rings is 1. The van der Waals surface area contributed by atoms with E-state index >= 15 is 0 Å². The number of carboxylic acid groups (broad SMARTS) is 1. The van der Waals surface area contributed by atoms with E-state index in [0.29, 0.717) is 18.4 Å². The first kappa shape index (κ1) is 20.1. The summed E-state index contributed by atoms with van der Waals surface area (Å²) in [6.45, 7) is 1.81. The van der Waals surface area contributed by atoms with E-state index in [1.807, 2.05) is 6.92 Å². The van der Waals surface area contributed by atoms with Crippen molar-refractivity contribution >= 4 is 11.8 Å². The van der Waals surface area contributed by atoms with Gasteiger partial charge in [0.1, 0.15) is 5.56 Å². The minimum Gasteiger partial charge on any atom is -0.494 e. The van der Waals surface area contributed by atoms with Gasteiger partial charge >= 0.3 is 11.7 Å². The number of aliphatic carboxylic acids is 1. The Morgan fingerprint density at radius 2 is 1.78 bits per heavy atom. The molecule has 144 valence electrons. The Hall–Kier alpha value is -3.20. The predicted octanol–water partition coefficient (Wildman–Crippen LogP) is 0.159. The van der Waals surface area contributed by atoms with Crippen molar-refractivity contribution in [3.63, 3.8) is 0 Å². The third-order valence-electron chi connectivity index (χ3n) is 4.11. The molecule has 1 aromatic carbocycles. The van der Waals surface area contributed by atoms with Crippen LogP contribution in [-0.4, -0.2) is 37.1 Å². The molecule has 0 aliphatic carbocycles. The van der Waals surface area contributed by atoms with Crippen LogP contribution in [0, 0.1) is 0 Å². The Labute approximate surface area is 154 Å². The van der Waals surface area contributed by atoms with Crippen molar-refractivity contribution in [2.75, 3.05) is 0 Å². The molecule has 0 amide bonds. The molecule has 2 rings (SSSR count). The monoisotopic (exact) mass is 375 g/mol.